The van der Waals surface area contributed by atoms with E-state index >= 15 is 0 Å². The molecule has 0 aliphatic carbocycles. The molecule has 2 rings (SSSR count). The molecule has 1 atom stereocenters. The Morgan fingerprint density at radius 2 is 2.22 bits per heavy atom. The Morgan fingerprint density at radius 1 is 1.39 bits per heavy atom. The number of pyridine rings is 1. The Morgan fingerprint density at radius 3 is 2.89 bits per heavy atom. The lowest BCUT2D eigenvalue weighted by atomic mass is 10.1. The summed E-state index contributed by atoms with van der Waals surface area (Å²) >= 11 is 0. The van der Waals surface area contributed by atoms with E-state index < -0.39 is 5.82 Å². The molecule has 0 bridgehead atoms. The van der Waals surface area contributed by atoms with E-state index in [4.69, 9.17) is 5.11 Å². The number of phenols is 1. The minimum Gasteiger partial charge on any atom is -0.505 e. The molecule has 0 saturated heterocycles. The van der Waals surface area contributed by atoms with Crippen LogP contribution in [0.5, 0.6) is 5.75 Å². The molecule has 0 aliphatic heterocycles. The molecule has 18 heavy (non-hydrogen) atoms. The van der Waals surface area contributed by atoms with Crippen molar-refractivity contribution in [3.8, 4) is 5.75 Å². The zero-order valence-corrected chi connectivity index (χ0v) is 10.1. The van der Waals surface area contributed by atoms with Gasteiger partial charge in [-0.3, -0.25) is 4.98 Å². The molecule has 0 amide bonds. The zero-order valence-electron chi connectivity index (χ0n) is 10.1. The minimum atomic E-state index is -0.594. The fraction of sp³-hybridized carbons (Fsp3) is 0.214. The first-order valence-electron chi connectivity index (χ1n) is 5.77. The Hall–Kier alpha value is -1.94. The molecule has 94 valence electrons. The quantitative estimate of drug-likeness (QED) is 0.872. The molecule has 0 radical (unpaired) electrons. The zero-order chi connectivity index (χ0) is 13.0. The molecule has 2 N–H and O–H groups in total. The van der Waals surface area contributed by atoms with Gasteiger partial charge in [0.25, 0.3) is 0 Å². The molecule has 0 aliphatic rings. The largest absolute Gasteiger partial charge is 0.505 e. The van der Waals surface area contributed by atoms with Gasteiger partial charge in [-0.1, -0.05) is 12.1 Å². The first-order valence-corrected chi connectivity index (χ1v) is 5.77. The molecule has 0 saturated carbocycles. The lowest BCUT2D eigenvalue weighted by Gasteiger charge is -2.13. The molecular formula is C14H15FN2O. The van der Waals surface area contributed by atoms with E-state index in [1.165, 1.54) is 12.1 Å². The van der Waals surface area contributed by atoms with Gasteiger partial charge in [0.2, 0.25) is 0 Å². The van der Waals surface area contributed by atoms with Crippen molar-refractivity contribution < 1.29 is 9.50 Å². The highest BCUT2D eigenvalue weighted by Gasteiger charge is 2.06. The van der Waals surface area contributed by atoms with Crippen molar-refractivity contribution in [3.05, 3.63) is 59.7 Å². The summed E-state index contributed by atoms with van der Waals surface area (Å²) in [7, 11) is 0. The van der Waals surface area contributed by atoms with E-state index in [1.54, 1.807) is 18.5 Å². The summed E-state index contributed by atoms with van der Waals surface area (Å²) < 4.78 is 13.1. The van der Waals surface area contributed by atoms with Crippen molar-refractivity contribution in [3.63, 3.8) is 0 Å². The number of nitrogens with one attached hydrogen (secondary N) is 1. The molecular weight excluding hydrogens is 231 g/mol. The summed E-state index contributed by atoms with van der Waals surface area (Å²) in [5.41, 5.74) is 1.87. The number of aromatic hydroxyl groups is 1. The van der Waals surface area contributed by atoms with Crippen molar-refractivity contribution in [1.29, 1.82) is 0 Å². The van der Waals surface area contributed by atoms with Crippen LogP contribution in [0.3, 0.4) is 0 Å². The number of phenolic OH excluding ortho intramolecular Hbond substituents is 1. The standard InChI is InChI=1S/C14H15FN2O/c1-10(12-3-2-6-16-9-12)17-8-11-4-5-14(18)13(15)7-11/h2-7,9-10,17-18H,8H2,1H3/t10-/m0/s1. The van der Waals surface area contributed by atoms with Crippen molar-refractivity contribution >= 4 is 0 Å². The summed E-state index contributed by atoms with van der Waals surface area (Å²) in [4.78, 5) is 4.05. The van der Waals surface area contributed by atoms with Crippen molar-refractivity contribution in [1.82, 2.24) is 10.3 Å². The predicted octanol–water partition coefficient (Wildman–Crippen LogP) is 2.78. The van der Waals surface area contributed by atoms with E-state index in [0.29, 0.717) is 6.54 Å². The SMILES string of the molecule is C[C@H](NCc1ccc(O)c(F)c1)c1cccnc1. The lowest BCUT2D eigenvalue weighted by Crippen LogP contribution is -2.18. The summed E-state index contributed by atoms with van der Waals surface area (Å²) in [6.07, 6.45) is 3.53. The van der Waals surface area contributed by atoms with Gasteiger partial charge in [0.05, 0.1) is 0 Å². The van der Waals surface area contributed by atoms with Gasteiger partial charge < -0.3 is 10.4 Å². The number of aromatic nitrogens is 1. The maximum absolute atomic E-state index is 13.1. The number of rotatable bonds is 4. The van der Waals surface area contributed by atoms with Crippen LogP contribution in [0.2, 0.25) is 0 Å². The van der Waals surface area contributed by atoms with Crippen LogP contribution >= 0.6 is 0 Å². The van der Waals surface area contributed by atoms with Gasteiger partial charge >= 0.3 is 0 Å². The number of hydrogen-bond donors (Lipinski definition) is 2. The predicted molar refractivity (Wildman–Crippen MR) is 67.6 cm³/mol. The molecule has 3 nitrogen and oxygen atoms in total. The Kier molecular flexibility index (Phi) is 3.89. The van der Waals surface area contributed by atoms with Crippen molar-refractivity contribution in [2.75, 3.05) is 0 Å². The second-order valence-corrected chi connectivity index (χ2v) is 4.17. The van der Waals surface area contributed by atoms with Crippen LogP contribution < -0.4 is 5.32 Å². The monoisotopic (exact) mass is 246 g/mol. The maximum atomic E-state index is 13.1. The van der Waals surface area contributed by atoms with Gasteiger partial charge in [0.15, 0.2) is 11.6 Å². The van der Waals surface area contributed by atoms with E-state index in [0.717, 1.165) is 11.1 Å². The van der Waals surface area contributed by atoms with Crippen LogP contribution in [0.4, 0.5) is 4.39 Å². The lowest BCUT2D eigenvalue weighted by molar-refractivity contribution is 0.431. The summed E-state index contributed by atoms with van der Waals surface area (Å²) in [5.74, 6) is -0.914. The highest BCUT2D eigenvalue weighted by atomic mass is 19.1. The molecule has 0 spiro atoms. The average molecular weight is 246 g/mol. The van der Waals surface area contributed by atoms with Crippen LogP contribution in [0.1, 0.15) is 24.1 Å². The number of hydrogen-bond acceptors (Lipinski definition) is 3. The van der Waals surface area contributed by atoms with E-state index in [9.17, 15) is 4.39 Å². The summed E-state index contributed by atoms with van der Waals surface area (Å²) in [6.45, 7) is 2.56. The third-order valence-corrected chi connectivity index (χ3v) is 2.81. The number of benzene rings is 1. The maximum Gasteiger partial charge on any atom is 0.165 e. The van der Waals surface area contributed by atoms with E-state index in [-0.39, 0.29) is 11.8 Å². The Labute approximate surface area is 105 Å². The van der Waals surface area contributed by atoms with Gasteiger partial charge in [-0.05, 0) is 36.2 Å². The van der Waals surface area contributed by atoms with E-state index in [1.807, 2.05) is 19.1 Å². The Bertz CT molecular complexity index is 516. The summed E-state index contributed by atoms with van der Waals surface area (Å²) in [6, 6.07) is 8.40. The molecule has 1 aromatic heterocycles. The third kappa shape index (κ3) is 3.05. The van der Waals surface area contributed by atoms with Gasteiger partial charge in [0.1, 0.15) is 0 Å². The van der Waals surface area contributed by atoms with Gasteiger partial charge in [0, 0.05) is 25.0 Å². The fourth-order valence-corrected chi connectivity index (χ4v) is 1.68. The first kappa shape index (κ1) is 12.5. The van der Waals surface area contributed by atoms with Crippen LogP contribution in [0.15, 0.2) is 42.7 Å². The van der Waals surface area contributed by atoms with Crippen molar-refractivity contribution in [2.24, 2.45) is 0 Å². The smallest absolute Gasteiger partial charge is 0.165 e. The highest BCUT2D eigenvalue weighted by molar-refractivity contribution is 5.28. The second-order valence-electron chi connectivity index (χ2n) is 4.17. The molecule has 1 aromatic carbocycles. The number of nitrogens with zero attached hydrogens (tertiary/aromatic N) is 1. The average Bonchev–Trinajstić information content (AvgIpc) is 2.41. The van der Waals surface area contributed by atoms with Gasteiger partial charge in [-0.15, -0.1) is 0 Å². The van der Waals surface area contributed by atoms with Crippen LogP contribution in [-0.2, 0) is 6.54 Å². The minimum absolute atomic E-state index is 0.135. The fourth-order valence-electron chi connectivity index (χ4n) is 1.68. The topological polar surface area (TPSA) is 45.1 Å². The third-order valence-electron chi connectivity index (χ3n) is 2.81. The van der Waals surface area contributed by atoms with Crippen molar-refractivity contribution in [2.45, 2.75) is 19.5 Å². The van der Waals surface area contributed by atoms with Crippen LogP contribution in [0, 0.1) is 5.82 Å². The molecule has 4 heteroatoms. The molecule has 2 aromatic rings. The second kappa shape index (κ2) is 5.60. The van der Waals surface area contributed by atoms with E-state index in [2.05, 4.69) is 10.3 Å². The van der Waals surface area contributed by atoms with Crippen LogP contribution in [0.25, 0.3) is 0 Å². The summed E-state index contributed by atoms with van der Waals surface area (Å²) in [5, 5.41) is 12.4. The number of halogens is 1. The Balaban J connectivity index is 1.97. The molecule has 0 fully saturated rings. The highest BCUT2D eigenvalue weighted by Crippen LogP contribution is 2.17. The normalized spacial score (nSPS) is 12.3. The van der Waals surface area contributed by atoms with Gasteiger partial charge in [-0.25, -0.2) is 4.39 Å². The van der Waals surface area contributed by atoms with Crippen LogP contribution in [-0.4, -0.2) is 10.1 Å². The molecule has 1 heterocycles. The first-order chi connectivity index (χ1) is 8.66. The molecule has 0 unspecified atom stereocenters. The van der Waals surface area contributed by atoms with Gasteiger partial charge in [-0.2, -0.15) is 0 Å².